The summed E-state index contributed by atoms with van der Waals surface area (Å²) in [5.41, 5.74) is 6.32. The summed E-state index contributed by atoms with van der Waals surface area (Å²) in [6, 6.07) is 22.6. The maximum Gasteiger partial charge on any atom is 0.335 e. The molecule has 1 saturated heterocycles. The highest BCUT2D eigenvalue weighted by atomic mass is 16.2. The van der Waals surface area contributed by atoms with E-state index in [2.05, 4.69) is 35.0 Å². The number of nitrogens with zero attached hydrogens (tertiary/aromatic N) is 2. The van der Waals surface area contributed by atoms with Crippen molar-refractivity contribution in [2.24, 2.45) is 0 Å². The Labute approximate surface area is 203 Å². The van der Waals surface area contributed by atoms with Gasteiger partial charge in [0.05, 0.1) is 5.69 Å². The fraction of sp³-hybridized carbons (Fsp3) is 0.138. The van der Waals surface area contributed by atoms with E-state index >= 15 is 0 Å². The van der Waals surface area contributed by atoms with Crippen molar-refractivity contribution in [2.75, 3.05) is 4.90 Å². The number of urea groups is 1. The number of anilines is 1. The van der Waals surface area contributed by atoms with E-state index < -0.39 is 17.8 Å². The maximum atomic E-state index is 13.4. The molecule has 35 heavy (non-hydrogen) atoms. The third-order valence-electron chi connectivity index (χ3n) is 6.35. The second-order valence-electron chi connectivity index (χ2n) is 8.89. The van der Waals surface area contributed by atoms with E-state index in [1.54, 1.807) is 24.3 Å². The van der Waals surface area contributed by atoms with E-state index in [4.69, 9.17) is 0 Å². The average Bonchev–Trinajstić information content (AvgIpc) is 3.07. The van der Waals surface area contributed by atoms with E-state index in [0.717, 1.165) is 38.2 Å². The molecule has 0 aliphatic carbocycles. The first kappa shape index (κ1) is 22.3. The van der Waals surface area contributed by atoms with E-state index in [9.17, 15) is 14.4 Å². The van der Waals surface area contributed by atoms with Gasteiger partial charge >= 0.3 is 6.03 Å². The molecule has 3 aromatic carbocycles. The fourth-order valence-electron chi connectivity index (χ4n) is 4.64. The number of aromatic nitrogens is 1. The molecule has 174 valence electrons. The number of aryl methyl sites for hydroxylation is 2. The molecule has 1 aromatic heterocycles. The minimum absolute atomic E-state index is 0.0762. The molecule has 1 aliphatic heterocycles. The number of amides is 4. The van der Waals surface area contributed by atoms with Crippen LogP contribution in [0.3, 0.4) is 0 Å². The maximum absolute atomic E-state index is 13.4. The number of barbiturate groups is 1. The molecule has 0 atom stereocenters. The summed E-state index contributed by atoms with van der Waals surface area (Å²) in [6.07, 6.45) is 1.61. The Morgan fingerprint density at radius 3 is 2.29 bits per heavy atom. The van der Waals surface area contributed by atoms with Crippen molar-refractivity contribution in [2.45, 2.75) is 27.3 Å². The van der Waals surface area contributed by atoms with E-state index in [1.165, 1.54) is 5.56 Å². The minimum Gasteiger partial charge on any atom is -0.340 e. The zero-order valence-corrected chi connectivity index (χ0v) is 19.8. The third kappa shape index (κ3) is 4.04. The van der Waals surface area contributed by atoms with Crippen LogP contribution in [0.2, 0.25) is 0 Å². The highest BCUT2D eigenvalue weighted by Gasteiger charge is 2.37. The van der Waals surface area contributed by atoms with Gasteiger partial charge in [0.15, 0.2) is 0 Å². The largest absolute Gasteiger partial charge is 0.340 e. The predicted molar refractivity (Wildman–Crippen MR) is 137 cm³/mol. The lowest BCUT2D eigenvalue weighted by Gasteiger charge is -2.26. The van der Waals surface area contributed by atoms with Gasteiger partial charge in [-0.2, -0.15) is 0 Å². The first-order valence-corrected chi connectivity index (χ1v) is 11.4. The number of fused-ring (bicyclic) bond motifs is 1. The normalized spacial score (nSPS) is 15.2. The summed E-state index contributed by atoms with van der Waals surface area (Å²) in [6.45, 7) is 6.58. The summed E-state index contributed by atoms with van der Waals surface area (Å²) < 4.78 is 2.19. The molecule has 0 unspecified atom stereocenters. The lowest BCUT2D eigenvalue weighted by Crippen LogP contribution is -2.54. The summed E-state index contributed by atoms with van der Waals surface area (Å²) in [5.74, 6) is -1.34. The molecule has 0 saturated carbocycles. The van der Waals surface area contributed by atoms with Gasteiger partial charge in [-0.15, -0.1) is 0 Å². The molecule has 4 amide bonds. The van der Waals surface area contributed by atoms with Crippen molar-refractivity contribution in [1.29, 1.82) is 0 Å². The fourth-order valence-corrected chi connectivity index (χ4v) is 4.64. The van der Waals surface area contributed by atoms with Crippen molar-refractivity contribution in [1.82, 2.24) is 9.88 Å². The minimum atomic E-state index is -0.749. The number of nitrogens with one attached hydrogen (secondary N) is 1. The monoisotopic (exact) mass is 463 g/mol. The molecule has 1 aliphatic rings. The summed E-state index contributed by atoms with van der Waals surface area (Å²) in [7, 11) is 0. The summed E-state index contributed by atoms with van der Waals surface area (Å²) in [5, 5.41) is 3.26. The van der Waals surface area contributed by atoms with Crippen LogP contribution < -0.4 is 10.2 Å². The van der Waals surface area contributed by atoms with Gasteiger partial charge < -0.3 is 4.57 Å². The zero-order valence-electron chi connectivity index (χ0n) is 19.8. The standard InChI is InChI=1S/C29H25N3O3/c1-18-8-6-10-21(14-18)17-31-20(3)24(23-12-4-5-13-26(23)31)16-25-27(33)30-29(35)32(28(25)34)22-11-7-9-19(2)15-22/h4-16H,17H2,1-3H3,(H,30,33,35). The number of rotatable bonds is 4. The number of hydrogen-bond donors (Lipinski definition) is 1. The van der Waals surface area contributed by atoms with E-state index in [0.29, 0.717) is 12.2 Å². The topological polar surface area (TPSA) is 71.4 Å². The van der Waals surface area contributed by atoms with Crippen LogP contribution in [0, 0.1) is 20.8 Å². The smallest absolute Gasteiger partial charge is 0.335 e. The molecule has 0 spiro atoms. The predicted octanol–water partition coefficient (Wildman–Crippen LogP) is 5.28. The number of benzene rings is 3. The quantitative estimate of drug-likeness (QED) is 0.331. The highest BCUT2D eigenvalue weighted by molar-refractivity contribution is 6.39. The van der Waals surface area contributed by atoms with Crippen LogP contribution >= 0.6 is 0 Å². The van der Waals surface area contributed by atoms with Crippen LogP contribution in [-0.2, 0) is 16.1 Å². The van der Waals surface area contributed by atoms with Gasteiger partial charge in [-0.25, -0.2) is 9.69 Å². The molecule has 2 heterocycles. The summed E-state index contributed by atoms with van der Waals surface area (Å²) >= 11 is 0. The average molecular weight is 464 g/mol. The van der Waals surface area contributed by atoms with Crippen molar-refractivity contribution in [3.05, 3.63) is 106 Å². The van der Waals surface area contributed by atoms with Gasteiger partial charge in [-0.1, -0.05) is 60.2 Å². The molecule has 5 rings (SSSR count). The van der Waals surface area contributed by atoms with Crippen molar-refractivity contribution < 1.29 is 14.4 Å². The second kappa shape index (κ2) is 8.72. The first-order chi connectivity index (χ1) is 16.8. The SMILES string of the molecule is Cc1cccc(Cn2c(C)c(C=C3C(=O)NC(=O)N(c4cccc(C)c4)C3=O)c3ccccc32)c1. The molecular formula is C29H25N3O3. The number of hydrogen-bond acceptors (Lipinski definition) is 3. The van der Waals surface area contributed by atoms with E-state index in [1.807, 2.05) is 50.2 Å². The van der Waals surface area contributed by atoms with Gasteiger partial charge in [0, 0.05) is 28.7 Å². The highest BCUT2D eigenvalue weighted by Crippen LogP contribution is 2.30. The van der Waals surface area contributed by atoms with Crippen LogP contribution in [0.1, 0.15) is 27.9 Å². The molecular weight excluding hydrogens is 438 g/mol. The number of carbonyl (C=O) groups excluding carboxylic acids is 3. The molecule has 0 radical (unpaired) electrons. The van der Waals surface area contributed by atoms with Crippen LogP contribution in [0.15, 0.2) is 78.4 Å². The van der Waals surface area contributed by atoms with Gasteiger partial charge in [-0.05, 0) is 56.2 Å². The Bertz CT molecular complexity index is 1540. The lowest BCUT2D eigenvalue weighted by molar-refractivity contribution is -0.122. The Hall–Kier alpha value is -4.45. The number of para-hydroxylation sites is 1. The Morgan fingerprint density at radius 1 is 0.829 bits per heavy atom. The molecule has 6 nitrogen and oxygen atoms in total. The van der Waals surface area contributed by atoms with Crippen LogP contribution in [0.5, 0.6) is 0 Å². The van der Waals surface area contributed by atoms with Crippen molar-refractivity contribution in [3.8, 4) is 0 Å². The van der Waals surface area contributed by atoms with Gasteiger partial charge in [0.25, 0.3) is 11.8 Å². The molecule has 1 fully saturated rings. The van der Waals surface area contributed by atoms with Gasteiger partial charge in [-0.3, -0.25) is 14.9 Å². The Morgan fingerprint density at radius 2 is 1.54 bits per heavy atom. The second-order valence-corrected chi connectivity index (χ2v) is 8.89. The summed E-state index contributed by atoms with van der Waals surface area (Å²) in [4.78, 5) is 39.8. The van der Waals surface area contributed by atoms with Crippen LogP contribution in [0.4, 0.5) is 10.5 Å². The van der Waals surface area contributed by atoms with Crippen molar-refractivity contribution in [3.63, 3.8) is 0 Å². The van der Waals surface area contributed by atoms with Crippen molar-refractivity contribution >= 4 is 40.5 Å². The molecule has 4 aromatic rings. The van der Waals surface area contributed by atoms with Gasteiger partial charge in [0.1, 0.15) is 5.57 Å². The van der Waals surface area contributed by atoms with E-state index in [-0.39, 0.29) is 5.57 Å². The van der Waals surface area contributed by atoms with Gasteiger partial charge in [0.2, 0.25) is 0 Å². The number of carbonyl (C=O) groups is 3. The molecule has 1 N–H and O–H groups in total. The number of imide groups is 2. The Kier molecular flexibility index (Phi) is 5.57. The zero-order chi connectivity index (χ0) is 24.7. The third-order valence-corrected chi connectivity index (χ3v) is 6.35. The van der Waals surface area contributed by atoms with Crippen LogP contribution in [0.25, 0.3) is 17.0 Å². The first-order valence-electron chi connectivity index (χ1n) is 11.4. The molecule has 6 heteroatoms. The van der Waals surface area contributed by atoms with Crippen LogP contribution in [-0.4, -0.2) is 22.4 Å². The Balaban J connectivity index is 1.62. The molecule has 0 bridgehead atoms. The lowest BCUT2D eigenvalue weighted by atomic mass is 10.0.